The molecule has 9 nitrogen and oxygen atoms in total. The Labute approximate surface area is 163 Å². The van der Waals surface area contributed by atoms with Gasteiger partial charge in [-0.3, -0.25) is 9.88 Å². The Kier molecular flexibility index (Phi) is 6.63. The monoisotopic (exact) mass is 390 g/mol. The van der Waals surface area contributed by atoms with E-state index in [0.29, 0.717) is 22.3 Å². The van der Waals surface area contributed by atoms with Crippen LogP contribution in [0.4, 0.5) is 21.0 Å². The lowest BCUT2D eigenvalue weighted by atomic mass is 10.1. The lowest BCUT2D eigenvalue weighted by Crippen LogP contribution is -2.44. The van der Waals surface area contributed by atoms with Gasteiger partial charge in [-0.15, -0.1) is 0 Å². The Morgan fingerprint density at radius 1 is 1.18 bits per heavy atom. The first-order valence-electron chi connectivity index (χ1n) is 8.86. The van der Waals surface area contributed by atoms with Gasteiger partial charge < -0.3 is 25.6 Å². The van der Waals surface area contributed by atoms with Crippen molar-refractivity contribution in [3.8, 4) is 0 Å². The van der Waals surface area contributed by atoms with E-state index in [1.165, 1.54) is 4.90 Å². The topological polar surface area (TPSA) is 129 Å². The summed E-state index contributed by atoms with van der Waals surface area (Å²) in [4.78, 5) is 30.8. The van der Waals surface area contributed by atoms with Crippen LogP contribution in [-0.2, 0) is 4.74 Å². The van der Waals surface area contributed by atoms with E-state index in [2.05, 4.69) is 4.98 Å². The average Bonchev–Trinajstić information content (AvgIpc) is 2.61. The fourth-order valence-corrected chi connectivity index (χ4v) is 2.68. The van der Waals surface area contributed by atoms with Crippen molar-refractivity contribution in [3.63, 3.8) is 0 Å². The molecule has 1 heterocycles. The van der Waals surface area contributed by atoms with Crippen LogP contribution in [0.25, 0.3) is 10.9 Å². The van der Waals surface area contributed by atoms with Crippen molar-refractivity contribution in [2.45, 2.75) is 26.4 Å². The number of nitrogens with two attached hydrogens (primary N) is 1. The molecule has 9 heteroatoms. The predicted molar refractivity (Wildman–Crippen MR) is 106 cm³/mol. The Morgan fingerprint density at radius 2 is 1.89 bits per heavy atom. The van der Waals surface area contributed by atoms with Crippen molar-refractivity contribution in [1.29, 1.82) is 0 Å². The van der Waals surface area contributed by atoms with Gasteiger partial charge in [0.05, 0.1) is 17.8 Å². The standard InChI is InChI=1S/C19H26N4O5/c1-19(2,3)28-18(27)22(11-12-24)9-10-23(17(25)26)15-7-6-14(20)13-5-4-8-21-16(13)15/h4-8,24H,9-12,20H2,1-3H3,(H,25,26). The zero-order valence-electron chi connectivity index (χ0n) is 16.3. The number of hydrogen-bond donors (Lipinski definition) is 3. The highest BCUT2D eigenvalue weighted by molar-refractivity contribution is 6.03. The Bertz CT molecular complexity index is 850. The minimum absolute atomic E-state index is 0.0236. The molecule has 0 bridgehead atoms. The fourth-order valence-electron chi connectivity index (χ4n) is 2.68. The summed E-state index contributed by atoms with van der Waals surface area (Å²) in [5.74, 6) is 0. The van der Waals surface area contributed by atoms with Crippen molar-refractivity contribution in [1.82, 2.24) is 9.88 Å². The van der Waals surface area contributed by atoms with Crippen LogP contribution in [-0.4, -0.2) is 64.1 Å². The molecule has 1 aromatic carbocycles. The summed E-state index contributed by atoms with van der Waals surface area (Å²) in [7, 11) is 0. The van der Waals surface area contributed by atoms with Gasteiger partial charge in [0.1, 0.15) is 5.60 Å². The third-order valence-corrected chi connectivity index (χ3v) is 3.92. The van der Waals surface area contributed by atoms with E-state index in [1.807, 2.05) is 0 Å². The molecule has 0 spiro atoms. The van der Waals surface area contributed by atoms with Crippen LogP contribution in [0.3, 0.4) is 0 Å². The number of nitrogen functional groups attached to an aromatic ring is 1. The number of aromatic nitrogens is 1. The van der Waals surface area contributed by atoms with Crippen molar-refractivity contribution in [2.75, 3.05) is 36.9 Å². The molecular formula is C19H26N4O5. The number of ether oxygens (including phenoxy) is 1. The molecule has 0 fully saturated rings. The van der Waals surface area contributed by atoms with Crippen LogP contribution >= 0.6 is 0 Å². The number of carboxylic acid groups (broad SMARTS) is 1. The number of anilines is 2. The lowest BCUT2D eigenvalue weighted by Gasteiger charge is -2.29. The number of pyridine rings is 1. The number of hydrogen-bond acceptors (Lipinski definition) is 6. The molecule has 0 radical (unpaired) electrons. The lowest BCUT2D eigenvalue weighted by molar-refractivity contribution is 0.0224. The van der Waals surface area contributed by atoms with Gasteiger partial charge in [0, 0.05) is 36.9 Å². The van der Waals surface area contributed by atoms with Crippen LogP contribution in [0.1, 0.15) is 20.8 Å². The Balaban J connectivity index is 2.27. The normalized spacial score (nSPS) is 11.3. The van der Waals surface area contributed by atoms with E-state index in [0.717, 1.165) is 4.90 Å². The maximum absolute atomic E-state index is 12.3. The minimum atomic E-state index is -1.19. The van der Waals surface area contributed by atoms with Crippen molar-refractivity contribution in [3.05, 3.63) is 30.5 Å². The molecule has 0 aliphatic rings. The number of aliphatic hydroxyl groups is 1. The number of amides is 2. The average molecular weight is 390 g/mol. The molecule has 28 heavy (non-hydrogen) atoms. The van der Waals surface area contributed by atoms with Gasteiger partial charge in [0.2, 0.25) is 0 Å². The molecule has 0 aliphatic heterocycles. The summed E-state index contributed by atoms with van der Waals surface area (Å²) >= 11 is 0. The van der Waals surface area contributed by atoms with E-state index in [9.17, 15) is 19.8 Å². The number of benzene rings is 1. The molecule has 152 valence electrons. The maximum atomic E-state index is 12.3. The molecule has 1 aromatic heterocycles. The number of fused-ring (bicyclic) bond motifs is 1. The number of carbonyl (C=O) groups excluding carboxylic acids is 1. The second kappa shape index (κ2) is 8.75. The zero-order valence-corrected chi connectivity index (χ0v) is 16.3. The van der Waals surface area contributed by atoms with Gasteiger partial charge in [-0.25, -0.2) is 9.59 Å². The van der Waals surface area contributed by atoms with Crippen LogP contribution < -0.4 is 10.6 Å². The van der Waals surface area contributed by atoms with Crippen molar-refractivity contribution < 1.29 is 24.5 Å². The van der Waals surface area contributed by atoms with Gasteiger partial charge in [-0.05, 0) is 45.0 Å². The molecule has 2 aromatic rings. The fraction of sp³-hybridized carbons (Fsp3) is 0.421. The molecule has 0 saturated heterocycles. The Morgan fingerprint density at radius 3 is 2.50 bits per heavy atom. The quantitative estimate of drug-likeness (QED) is 0.646. The van der Waals surface area contributed by atoms with Crippen LogP contribution in [0, 0.1) is 0 Å². The molecule has 0 aliphatic carbocycles. The highest BCUT2D eigenvalue weighted by Gasteiger charge is 2.24. The first-order chi connectivity index (χ1) is 13.1. The second-order valence-corrected chi connectivity index (χ2v) is 7.20. The second-order valence-electron chi connectivity index (χ2n) is 7.20. The summed E-state index contributed by atoms with van der Waals surface area (Å²) in [5, 5.41) is 19.6. The van der Waals surface area contributed by atoms with E-state index in [4.69, 9.17) is 10.5 Å². The first-order valence-corrected chi connectivity index (χ1v) is 8.86. The number of rotatable bonds is 6. The van der Waals surface area contributed by atoms with Crippen LogP contribution in [0.15, 0.2) is 30.5 Å². The molecule has 0 saturated carbocycles. The van der Waals surface area contributed by atoms with E-state index >= 15 is 0 Å². The van der Waals surface area contributed by atoms with Gasteiger partial charge in [-0.2, -0.15) is 0 Å². The maximum Gasteiger partial charge on any atom is 0.411 e. The molecular weight excluding hydrogens is 364 g/mol. The predicted octanol–water partition coefficient (Wildman–Crippen LogP) is 2.53. The summed E-state index contributed by atoms with van der Waals surface area (Å²) in [5.41, 5.74) is 6.57. The van der Waals surface area contributed by atoms with Gasteiger partial charge in [0.15, 0.2) is 0 Å². The highest BCUT2D eigenvalue weighted by atomic mass is 16.6. The highest BCUT2D eigenvalue weighted by Crippen LogP contribution is 2.29. The molecule has 0 unspecified atom stereocenters. The molecule has 2 amide bonds. The van der Waals surface area contributed by atoms with Crippen LogP contribution in [0.5, 0.6) is 0 Å². The van der Waals surface area contributed by atoms with Crippen LogP contribution in [0.2, 0.25) is 0 Å². The first kappa shape index (κ1) is 21.2. The smallest absolute Gasteiger partial charge is 0.411 e. The Hall–Kier alpha value is -3.07. The summed E-state index contributed by atoms with van der Waals surface area (Å²) in [6.45, 7) is 4.99. The van der Waals surface area contributed by atoms with Gasteiger partial charge in [0.25, 0.3) is 0 Å². The number of nitrogens with zero attached hydrogens (tertiary/aromatic N) is 3. The zero-order chi connectivity index (χ0) is 20.9. The van der Waals surface area contributed by atoms with Crippen molar-refractivity contribution in [2.24, 2.45) is 0 Å². The van der Waals surface area contributed by atoms with E-state index < -0.39 is 17.8 Å². The van der Waals surface area contributed by atoms with E-state index in [-0.39, 0.29) is 26.2 Å². The van der Waals surface area contributed by atoms with Crippen molar-refractivity contribution >= 4 is 34.5 Å². The van der Waals surface area contributed by atoms with Gasteiger partial charge in [-0.1, -0.05) is 0 Å². The molecule has 4 N–H and O–H groups in total. The minimum Gasteiger partial charge on any atom is -0.465 e. The third kappa shape index (κ3) is 5.23. The third-order valence-electron chi connectivity index (χ3n) is 3.92. The summed E-state index contributed by atoms with van der Waals surface area (Å²) in [6, 6.07) is 6.69. The molecule has 2 rings (SSSR count). The summed E-state index contributed by atoms with van der Waals surface area (Å²) < 4.78 is 5.32. The number of aliphatic hydroxyl groups excluding tert-OH is 1. The van der Waals surface area contributed by atoms with Gasteiger partial charge >= 0.3 is 12.2 Å². The van der Waals surface area contributed by atoms with E-state index in [1.54, 1.807) is 51.2 Å². The largest absolute Gasteiger partial charge is 0.465 e. The number of carbonyl (C=O) groups is 2. The molecule has 0 atom stereocenters. The summed E-state index contributed by atoms with van der Waals surface area (Å²) in [6.07, 6.45) is -0.249. The SMILES string of the molecule is CC(C)(C)OC(=O)N(CCO)CCN(C(=O)O)c1ccc(N)c2cccnc12.